The Bertz CT molecular complexity index is 701. The van der Waals surface area contributed by atoms with Crippen molar-refractivity contribution in [2.75, 3.05) is 20.6 Å². The van der Waals surface area contributed by atoms with Gasteiger partial charge in [-0.15, -0.1) is 10.2 Å². The molecular weight excluding hydrogens is 238 g/mol. The van der Waals surface area contributed by atoms with Gasteiger partial charge in [-0.3, -0.25) is 0 Å². The molecule has 19 heavy (non-hydrogen) atoms. The maximum absolute atomic E-state index is 4.45. The van der Waals surface area contributed by atoms with Crippen molar-refractivity contribution in [3.05, 3.63) is 36.3 Å². The Kier molecular flexibility index (Phi) is 3.13. The Morgan fingerprint density at radius 2 is 2.00 bits per heavy atom. The van der Waals surface area contributed by atoms with Gasteiger partial charge in [-0.25, -0.2) is 0 Å². The fourth-order valence-electron chi connectivity index (χ4n) is 2.24. The van der Waals surface area contributed by atoms with E-state index in [0.717, 1.165) is 41.6 Å². The van der Waals surface area contributed by atoms with E-state index in [1.54, 1.807) is 0 Å². The van der Waals surface area contributed by atoms with E-state index in [1.165, 1.54) is 0 Å². The van der Waals surface area contributed by atoms with Crippen LogP contribution in [0.15, 0.2) is 30.5 Å². The van der Waals surface area contributed by atoms with E-state index >= 15 is 0 Å². The van der Waals surface area contributed by atoms with Gasteiger partial charge in [-0.2, -0.15) is 9.61 Å². The summed E-state index contributed by atoms with van der Waals surface area (Å²) in [5, 5.41) is 15.2. The third-order valence-corrected chi connectivity index (χ3v) is 3.22. The van der Waals surface area contributed by atoms with Crippen LogP contribution in [0.4, 0.5) is 0 Å². The van der Waals surface area contributed by atoms with Crippen LogP contribution in [0.2, 0.25) is 0 Å². The average molecular weight is 255 g/mol. The van der Waals surface area contributed by atoms with Crippen LogP contribution in [-0.2, 0) is 6.42 Å². The highest BCUT2D eigenvalue weighted by atomic mass is 15.4. The molecule has 2 heterocycles. The number of hydrogen-bond acceptors (Lipinski definition) is 4. The van der Waals surface area contributed by atoms with E-state index in [-0.39, 0.29) is 0 Å². The Morgan fingerprint density at radius 1 is 1.16 bits per heavy atom. The standard InChI is InChI=1S/C14H17N5/c1-18(2)9-5-8-13-16-17-14-12-7-4-3-6-11(12)10-15-19(13)14/h3-4,6-7,10H,5,8-9H2,1-2H3. The first-order valence-corrected chi connectivity index (χ1v) is 6.48. The zero-order valence-corrected chi connectivity index (χ0v) is 11.2. The summed E-state index contributed by atoms with van der Waals surface area (Å²) in [4.78, 5) is 2.17. The summed E-state index contributed by atoms with van der Waals surface area (Å²) < 4.78 is 1.86. The molecule has 0 saturated heterocycles. The summed E-state index contributed by atoms with van der Waals surface area (Å²) in [5.41, 5.74) is 0.845. The second-order valence-corrected chi connectivity index (χ2v) is 4.99. The minimum atomic E-state index is 0.845. The number of rotatable bonds is 4. The summed E-state index contributed by atoms with van der Waals surface area (Å²) >= 11 is 0. The van der Waals surface area contributed by atoms with Crippen LogP contribution in [0.25, 0.3) is 16.4 Å². The highest BCUT2D eigenvalue weighted by molar-refractivity contribution is 5.92. The largest absolute Gasteiger partial charge is 0.309 e. The molecule has 0 amide bonds. The first kappa shape index (κ1) is 12.0. The number of aryl methyl sites for hydroxylation is 1. The Hall–Kier alpha value is -2.01. The molecule has 0 fully saturated rings. The molecule has 0 N–H and O–H groups in total. The van der Waals surface area contributed by atoms with Gasteiger partial charge >= 0.3 is 0 Å². The Balaban J connectivity index is 1.97. The van der Waals surface area contributed by atoms with Gasteiger partial charge in [0, 0.05) is 17.2 Å². The van der Waals surface area contributed by atoms with Crippen LogP contribution in [-0.4, -0.2) is 45.4 Å². The third kappa shape index (κ3) is 2.29. The molecule has 0 radical (unpaired) electrons. The van der Waals surface area contributed by atoms with E-state index in [9.17, 15) is 0 Å². The maximum atomic E-state index is 4.45. The summed E-state index contributed by atoms with van der Waals surface area (Å²) in [7, 11) is 4.15. The van der Waals surface area contributed by atoms with Crippen molar-refractivity contribution in [2.24, 2.45) is 0 Å². The van der Waals surface area contributed by atoms with Gasteiger partial charge in [0.1, 0.15) is 0 Å². The molecule has 5 heteroatoms. The van der Waals surface area contributed by atoms with Gasteiger partial charge < -0.3 is 4.90 Å². The SMILES string of the molecule is CN(C)CCCc1nnc2c3ccccc3cnn12. The lowest BCUT2D eigenvalue weighted by atomic mass is 10.2. The second-order valence-electron chi connectivity index (χ2n) is 4.99. The predicted molar refractivity (Wildman–Crippen MR) is 75.2 cm³/mol. The van der Waals surface area contributed by atoms with Gasteiger partial charge in [-0.1, -0.05) is 24.3 Å². The molecule has 98 valence electrons. The normalized spacial score (nSPS) is 11.7. The monoisotopic (exact) mass is 255 g/mol. The van der Waals surface area contributed by atoms with E-state index in [2.05, 4.69) is 40.4 Å². The van der Waals surface area contributed by atoms with Crippen molar-refractivity contribution in [1.29, 1.82) is 0 Å². The topological polar surface area (TPSA) is 46.3 Å². The van der Waals surface area contributed by atoms with Crippen molar-refractivity contribution in [2.45, 2.75) is 12.8 Å². The molecule has 2 aromatic heterocycles. The molecule has 1 aromatic carbocycles. The molecule has 0 aliphatic carbocycles. The fraction of sp³-hybridized carbons (Fsp3) is 0.357. The van der Waals surface area contributed by atoms with Crippen molar-refractivity contribution in [1.82, 2.24) is 24.7 Å². The van der Waals surface area contributed by atoms with E-state index in [4.69, 9.17) is 0 Å². The molecule has 0 saturated carbocycles. The highest BCUT2D eigenvalue weighted by Crippen LogP contribution is 2.17. The summed E-state index contributed by atoms with van der Waals surface area (Å²) in [6.07, 6.45) is 3.83. The fourth-order valence-corrected chi connectivity index (χ4v) is 2.24. The molecule has 5 nitrogen and oxygen atoms in total. The first-order valence-electron chi connectivity index (χ1n) is 6.48. The first-order chi connectivity index (χ1) is 9.25. The van der Waals surface area contributed by atoms with E-state index in [0.29, 0.717) is 0 Å². The number of fused-ring (bicyclic) bond motifs is 3. The van der Waals surface area contributed by atoms with Crippen LogP contribution in [0.1, 0.15) is 12.2 Å². The zero-order chi connectivity index (χ0) is 13.2. The average Bonchev–Trinajstić information content (AvgIpc) is 2.82. The van der Waals surface area contributed by atoms with Crippen molar-refractivity contribution in [3.8, 4) is 0 Å². The lowest BCUT2D eigenvalue weighted by Crippen LogP contribution is -2.14. The zero-order valence-electron chi connectivity index (χ0n) is 11.2. The minimum absolute atomic E-state index is 0.845. The van der Waals surface area contributed by atoms with Crippen molar-refractivity contribution in [3.63, 3.8) is 0 Å². The van der Waals surface area contributed by atoms with Gasteiger partial charge in [0.05, 0.1) is 6.20 Å². The van der Waals surface area contributed by atoms with Crippen LogP contribution in [0.3, 0.4) is 0 Å². The van der Waals surface area contributed by atoms with Crippen LogP contribution in [0, 0.1) is 0 Å². The molecule has 0 spiro atoms. The van der Waals surface area contributed by atoms with Crippen LogP contribution < -0.4 is 0 Å². The Labute approximate surface area is 111 Å². The van der Waals surface area contributed by atoms with Crippen LogP contribution in [0.5, 0.6) is 0 Å². The van der Waals surface area contributed by atoms with E-state index < -0.39 is 0 Å². The van der Waals surface area contributed by atoms with Crippen molar-refractivity contribution >= 4 is 16.4 Å². The molecule has 3 aromatic rings. The summed E-state index contributed by atoms with van der Waals surface area (Å²) in [6.45, 7) is 1.04. The Morgan fingerprint density at radius 3 is 2.84 bits per heavy atom. The van der Waals surface area contributed by atoms with Gasteiger partial charge in [0.15, 0.2) is 11.5 Å². The number of benzene rings is 1. The smallest absolute Gasteiger partial charge is 0.185 e. The highest BCUT2D eigenvalue weighted by Gasteiger charge is 2.09. The molecule has 0 aliphatic rings. The molecule has 0 aliphatic heterocycles. The third-order valence-electron chi connectivity index (χ3n) is 3.22. The van der Waals surface area contributed by atoms with E-state index in [1.807, 2.05) is 28.9 Å². The molecular formula is C14H17N5. The van der Waals surface area contributed by atoms with Gasteiger partial charge in [0.25, 0.3) is 0 Å². The molecule has 0 atom stereocenters. The van der Waals surface area contributed by atoms with Gasteiger partial charge in [0.2, 0.25) is 0 Å². The molecule has 0 bridgehead atoms. The van der Waals surface area contributed by atoms with Crippen molar-refractivity contribution < 1.29 is 0 Å². The summed E-state index contributed by atoms with van der Waals surface area (Å²) in [6, 6.07) is 8.13. The molecule has 0 unspecified atom stereocenters. The minimum Gasteiger partial charge on any atom is -0.309 e. The predicted octanol–water partition coefficient (Wildman–Crippen LogP) is 1.77. The maximum Gasteiger partial charge on any atom is 0.185 e. The second kappa shape index (κ2) is 4.93. The lowest BCUT2D eigenvalue weighted by molar-refractivity contribution is 0.398. The lowest BCUT2D eigenvalue weighted by Gasteiger charge is -2.07. The van der Waals surface area contributed by atoms with Crippen LogP contribution >= 0.6 is 0 Å². The number of aromatic nitrogens is 4. The number of hydrogen-bond donors (Lipinski definition) is 0. The molecule has 3 rings (SSSR count). The number of nitrogens with zero attached hydrogens (tertiary/aromatic N) is 5. The quantitative estimate of drug-likeness (QED) is 0.713. The summed E-state index contributed by atoms with van der Waals surface area (Å²) in [5.74, 6) is 0.933. The van der Waals surface area contributed by atoms with Gasteiger partial charge in [-0.05, 0) is 27.1 Å².